The van der Waals surface area contributed by atoms with E-state index in [1.54, 1.807) is 6.07 Å². The van der Waals surface area contributed by atoms with Gasteiger partial charge in [0.2, 0.25) is 5.95 Å². The maximum Gasteiger partial charge on any atom is 0.213 e. The number of hydrogen-bond acceptors (Lipinski definition) is 1. The monoisotopic (exact) mass is 173 g/mol. The van der Waals surface area contributed by atoms with E-state index in [-0.39, 0.29) is 0 Å². The molecule has 1 aromatic heterocycles. The number of halogens is 1. The molecule has 0 radical (unpaired) electrons. The van der Waals surface area contributed by atoms with Crippen LogP contribution in [0, 0.1) is 5.95 Å². The van der Waals surface area contributed by atoms with Crippen molar-refractivity contribution in [2.24, 2.45) is 0 Å². The molecular formula is C11H8FN. The lowest BCUT2D eigenvalue weighted by molar-refractivity contribution is 0.584. The molecule has 0 fully saturated rings. The number of benzene rings is 1. The Kier molecular flexibility index (Phi) is 2.04. The summed E-state index contributed by atoms with van der Waals surface area (Å²) in [4.78, 5) is 3.50. The van der Waals surface area contributed by atoms with E-state index in [0.29, 0.717) is 0 Å². The maximum atomic E-state index is 12.7. The lowest BCUT2D eigenvalue weighted by Gasteiger charge is -1.99. The molecule has 1 heterocycles. The van der Waals surface area contributed by atoms with E-state index in [4.69, 9.17) is 0 Å². The molecule has 0 saturated heterocycles. The van der Waals surface area contributed by atoms with Crippen molar-refractivity contribution >= 4 is 0 Å². The van der Waals surface area contributed by atoms with Gasteiger partial charge in [-0.1, -0.05) is 30.3 Å². The van der Waals surface area contributed by atoms with Crippen LogP contribution in [0.25, 0.3) is 11.1 Å². The van der Waals surface area contributed by atoms with Gasteiger partial charge in [-0.15, -0.1) is 0 Å². The van der Waals surface area contributed by atoms with E-state index in [1.807, 2.05) is 30.3 Å². The van der Waals surface area contributed by atoms with Crippen LogP contribution in [0.1, 0.15) is 0 Å². The van der Waals surface area contributed by atoms with Gasteiger partial charge in [-0.25, -0.2) is 4.98 Å². The summed E-state index contributed by atoms with van der Waals surface area (Å²) in [5.74, 6) is -0.443. The maximum absolute atomic E-state index is 12.7. The normalized spacial score (nSPS) is 9.92. The van der Waals surface area contributed by atoms with Gasteiger partial charge in [-0.2, -0.15) is 4.39 Å². The van der Waals surface area contributed by atoms with E-state index < -0.39 is 5.95 Å². The van der Waals surface area contributed by atoms with E-state index in [2.05, 4.69) is 4.98 Å². The number of pyridine rings is 1. The number of hydrogen-bond donors (Lipinski definition) is 0. The summed E-state index contributed by atoms with van der Waals surface area (Å²) in [6.07, 6.45) is 1.47. The van der Waals surface area contributed by atoms with Gasteiger partial charge >= 0.3 is 0 Å². The molecule has 0 aliphatic rings. The molecule has 0 spiro atoms. The summed E-state index contributed by atoms with van der Waals surface area (Å²) in [5, 5.41) is 0. The minimum atomic E-state index is -0.443. The van der Waals surface area contributed by atoms with E-state index in [1.165, 1.54) is 12.3 Å². The predicted octanol–water partition coefficient (Wildman–Crippen LogP) is 2.89. The van der Waals surface area contributed by atoms with Gasteiger partial charge in [-0.05, 0) is 17.2 Å². The second kappa shape index (κ2) is 3.35. The lowest BCUT2D eigenvalue weighted by atomic mass is 10.1. The van der Waals surface area contributed by atoms with Crippen molar-refractivity contribution in [1.82, 2.24) is 4.98 Å². The second-order valence-corrected chi connectivity index (χ2v) is 2.73. The number of rotatable bonds is 1. The van der Waals surface area contributed by atoms with Crippen LogP contribution in [0.4, 0.5) is 4.39 Å². The Labute approximate surface area is 75.9 Å². The molecule has 1 aromatic carbocycles. The van der Waals surface area contributed by atoms with Crippen LogP contribution in [0.5, 0.6) is 0 Å². The minimum absolute atomic E-state index is 0.443. The van der Waals surface area contributed by atoms with Crippen LogP contribution in [0.2, 0.25) is 0 Å². The molecular weight excluding hydrogens is 165 g/mol. The Morgan fingerprint density at radius 2 is 1.69 bits per heavy atom. The van der Waals surface area contributed by atoms with Gasteiger partial charge in [-0.3, -0.25) is 0 Å². The molecule has 2 rings (SSSR count). The number of nitrogens with zero attached hydrogens (tertiary/aromatic N) is 1. The molecule has 0 atom stereocenters. The van der Waals surface area contributed by atoms with Crippen LogP contribution < -0.4 is 0 Å². The third-order valence-corrected chi connectivity index (χ3v) is 1.83. The SMILES string of the molecule is Fc1cc(-c2ccccc2)ccn1. The Morgan fingerprint density at radius 1 is 0.923 bits per heavy atom. The fourth-order valence-corrected chi connectivity index (χ4v) is 1.21. The van der Waals surface area contributed by atoms with E-state index >= 15 is 0 Å². The van der Waals surface area contributed by atoms with Crippen molar-refractivity contribution in [3.63, 3.8) is 0 Å². The van der Waals surface area contributed by atoms with Gasteiger partial charge in [0.05, 0.1) is 0 Å². The largest absolute Gasteiger partial charge is 0.228 e. The first-order valence-electron chi connectivity index (χ1n) is 4.03. The minimum Gasteiger partial charge on any atom is -0.228 e. The highest BCUT2D eigenvalue weighted by Crippen LogP contribution is 2.17. The van der Waals surface area contributed by atoms with Gasteiger partial charge in [0, 0.05) is 12.3 Å². The smallest absolute Gasteiger partial charge is 0.213 e. The third kappa shape index (κ3) is 1.72. The van der Waals surface area contributed by atoms with Crippen LogP contribution in [-0.2, 0) is 0 Å². The molecule has 2 heteroatoms. The van der Waals surface area contributed by atoms with Gasteiger partial charge < -0.3 is 0 Å². The summed E-state index contributed by atoms with van der Waals surface area (Å²) in [7, 11) is 0. The predicted molar refractivity (Wildman–Crippen MR) is 49.6 cm³/mol. The summed E-state index contributed by atoms with van der Waals surface area (Å²) in [5.41, 5.74) is 1.86. The van der Waals surface area contributed by atoms with Crippen molar-refractivity contribution in [1.29, 1.82) is 0 Å². The summed E-state index contributed by atoms with van der Waals surface area (Å²) in [6, 6.07) is 12.9. The molecule has 0 amide bonds. The average Bonchev–Trinajstić information content (AvgIpc) is 2.19. The first kappa shape index (κ1) is 7.92. The summed E-state index contributed by atoms with van der Waals surface area (Å²) in [6.45, 7) is 0. The van der Waals surface area contributed by atoms with Crippen LogP contribution in [-0.4, -0.2) is 4.98 Å². The van der Waals surface area contributed by atoms with Gasteiger partial charge in [0.1, 0.15) is 0 Å². The van der Waals surface area contributed by atoms with Crippen molar-refractivity contribution in [2.75, 3.05) is 0 Å². The van der Waals surface area contributed by atoms with Crippen molar-refractivity contribution in [3.05, 3.63) is 54.6 Å². The Balaban J connectivity index is 2.48. The third-order valence-electron chi connectivity index (χ3n) is 1.83. The molecule has 0 saturated carbocycles. The zero-order valence-electron chi connectivity index (χ0n) is 6.94. The highest BCUT2D eigenvalue weighted by atomic mass is 19.1. The van der Waals surface area contributed by atoms with E-state index in [0.717, 1.165) is 11.1 Å². The van der Waals surface area contributed by atoms with Crippen LogP contribution >= 0.6 is 0 Å². The molecule has 1 nitrogen and oxygen atoms in total. The van der Waals surface area contributed by atoms with Crippen LogP contribution in [0.3, 0.4) is 0 Å². The molecule has 0 bridgehead atoms. The molecule has 13 heavy (non-hydrogen) atoms. The van der Waals surface area contributed by atoms with Gasteiger partial charge in [0.15, 0.2) is 0 Å². The lowest BCUT2D eigenvalue weighted by Crippen LogP contribution is -1.82. The summed E-state index contributed by atoms with van der Waals surface area (Å²) < 4.78 is 12.7. The highest BCUT2D eigenvalue weighted by Gasteiger charge is 1.97. The first-order valence-corrected chi connectivity index (χ1v) is 4.03. The molecule has 64 valence electrons. The zero-order valence-corrected chi connectivity index (χ0v) is 6.94. The average molecular weight is 173 g/mol. The Bertz CT molecular complexity index is 398. The second-order valence-electron chi connectivity index (χ2n) is 2.73. The van der Waals surface area contributed by atoms with Crippen molar-refractivity contribution in [2.45, 2.75) is 0 Å². The first-order chi connectivity index (χ1) is 6.36. The van der Waals surface area contributed by atoms with Gasteiger partial charge in [0.25, 0.3) is 0 Å². The zero-order chi connectivity index (χ0) is 9.10. The van der Waals surface area contributed by atoms with E-state index in [9.17, 15) is 4.39 Å². The topological polar surface area (TPSA) is 12.9 Å². The molecule has 2 aromatic rings. The number of aromatic nitrogens is 1. The molecule has 0 aliphatic carbocycles. The highest BCUT2D eigenvalue weighted by molar-refractivity contribution is 5.62. The van der Waals surface area contributed by atoms with Crippen molar-refractivity contribution < 1.29 is 4.39 Å². The summed E-state index contributed by atoms with van der Waals surface area (Å²) >= 11 is 0. The molecule has 0 unspecified atom stereocenters. The fraction of sp³-hybridized carbons (Fsp3) is 0. The molecule has 0 aliphatic heterocycles. The Morgan fingerprint density at radius 3 is 2.38 bits per heavy atom. The van der Waals surface area contributed by atoms with Crippen molar-refractivity contribution in [3.8, 4) is 11.1 Å². The Hall–Kier alpha value is -1.70. The quantitative estimate of drug-likeness (QED) is 0.604. The fourth-order valence-electron chi connectivity index (χ4n) is 1.21. The molecule has 0 N–H and O–H groups in total. The standard InChI is InChI=1S/C11H8FN/c12-11-8-10(6-7-13-11)9-4-2-1-3-5-9/h1-8H. The van der Waals surface area contributed by atoms with Crippen LogP contribution in [0.15, 0.2) is 48.7 Å².